The molecule has 2 aromatic rings. The van der Waals surface area contributed by atoms with E-state index in [1.54, 1.807) is 6.92 Å². The van der Waals surface area contributed by atoms with Crippen LogP contribution in [0, 0.1) is 6.92 Å². The van der Waals surface area contributed by atoms with Crippen LogP contribution in [0.1, 0.15) is 29.9 Å². The third kappa shape index (κ3) is 1.43. The highest BCUT2D eigenvalue weighted by Gasteiger charge is 2.13. The molecule has 2 aromatic heterocycles. The van der Waals surface area contributed by atoms with Crippen LogP contribution in [-0.2, 0) is 12.8 Å². The van der Waals surface area contributed by atoms with E-state index >= 15 is 0 Å². The highest BCUT2D eigenvalue weighted by atomic mass is 16.4. The molecule has 3 nitrogen and oxygen atoms in total. The standard InChI is InChI=1S/C13H13NO2/c1-8-6-12-10(13(15)16-8)7-9-4-2-3-5-11(9)14-12/h6-7H,2-5H2,1H3. The van der Waals surface area contributed by atoms with Gasteiger partial charge in [-0.05, 0) is 44.2 Å². The lowest BCUT2D eigenvalue weighted by molar-refractivity contribution is 0.488. The van der Waals surface area contributed by atoms with Crippen LogP contribution in [0.15, 0.2) is 21.3 Å². The van der Waals surface area contributed by atoms with Crippen molar-refractivity contribution in [2.24, 2.45) is 0 Å². The number of pyridine rings is 1. The van der Waals surface area contributed by atoms with Crippen LogP contribution in [0.25, 0.3) is 10.9 Å². The first kappa shape index (κ1) is 9.58. The predicted octanol–water partition coefficient (Wildman–Crippen LogP) is 2.38. The second kappa shape index (κ2) is 3.44. The Hall–Kier alpha value is -1.64. The molecule has 1 aliphatic carbocycles. The highest BCUT2D eigenvalue weighted by Crippen LogP contribution is 2.22. The van der Waals surface area contributed by atoms with Crippen LogP contribution < -0.4 is 5.63 Å². The van der Waals surface area contributed by atoms with Crippen molar-refractivity contribution in [3.63, 3.8) is 0 Å². The van der Waals surface area contributed by atoms with Crippen molar-refractivity contribution in [2.45, 2.75) is 32.6 Å². The van der Waals surface area contributed by atoms with Gasteiger partial charge in [-0.2, -0.15) is 0 Å². The first-order valence-corrected chi connectivity index (χ1v) is 5.67. The maximum absolute atomic E-state index is 11.7. The fourth-order valence-corrected chi connectivity index (χ4v) is 2.35. The van der Waals surface area contributed by atoms with Gasteiger partial charge in [0, 0.05) is 11.8 Å². The molecular formula is C13H13NO2. The first-order valence-electron chi connectivity index (χ1n) is 5.67. The van der Waals surface area contributed by atoms with Crippen molar-refractivity contribution in [3.05, 3.63) is 39.6 Å². The Morgan fingerprint density at radius 1 is 1.25 bits per heavy atom. The summed E-state index contributed by atoms with van der Waals surface area (Å²) in [7, 11) is 0. The van der Waals surface area contributed by atoms with Crippen molar-refractivity contribution >= 4 is 10.9 Å². The summed E-state index contributed by atoms with van der Waals surface area (Å²) in [6, 6.07) is 3.80. The summed E-state index contributed by atoms with van der Waals surface area (Å²) in [6.07, 6.45) is 4.46. The summed E-state index contributed by atoms with van der Waals surface area (Å²) in [4.78, 5) is 16.3. The molecule has 0 saturated carbocycles. The minimum absolute atomic E-state index is 0.268. The third-order valence-corrected chi connectivity index (χ3v) is 3.14. The van der Waals surface area contributed by atoms with Gasteiger partial charge < -0.3 is 4.42 Å². The molecule has 1 aliphatic rings. The van der Waals surface area contributed by atoms with Gasteiger partial charge in [-0.25, -0.2) is 4.79 Å². The molecule has 0 atom stereocenters. The molecule has 0 bridgehead atoms. The summed E-state index contributed by atoms with van der Waals surface area (Å²) < 4.78 is 5.09. The summed E-state index contributed by atoms with van der Waals surface area (Å²) in [6.45, 7) is 1.78. The quantitative estimate of drug-likeness (QED) is 0.677. The average Bonchev–Trinajstić information content (AvgIpc) is 2.27. The zero-order valence-electron chi connectivity index (χ0n) is 9.25. The third-order valence-electron chi connectivity index (χ3n) is 3.14. The molecule has 0 amide bonds. The molecule has 0 N–H and O–H groups in total. The van der Waals surface area contributed by atoms with E-state index in [9.17, 15) is 4.79 Å². The zero-order valence-corrected chi connectivity index (χ0v) is 9.25. The number of hydrogen-bond donors (Lipinski definition) is 0. The topological polar surface area (TPSA) is 43.1 Å². The smallest absolute Gasteiger partial charge is 0.345 e. The fourth-order valence-electron chi connectivity index (χ4n) is 2.35. The van der Waals surface area contributed by atoms with Crippen LogP contribution in [0.4, 0.5) is 0 Å². The molecule has 2 heterocycles. The molecule has 0 saturated heterocycles. The van der Waals surface area contributed by atoms with Crippen LogP contribution in [0.5, 0.6) is 0 Å². The van der Waals surface area contributed by atoms with Crippen molar-refractivity contribution in [2.75, 3.05) is 0 Å². The van der Waals surface area contributed by atoms with E-state index in [-0.39, 0.29) is 5.63 Å². The summed E-state index contributed by atoms with van der Waals surface area (Å²) in [5.74, 6) is 0.626. The fraction of sp³-hybridized carbons (Fsp3) is 0.385. The van der Waals surface area contributed by atoms with Gasteiger partial charge in [-0.1, -0.05) is 0 Å². The Morgan fingerprint density at radius 3 is 2.94 bits per heavy atom. The minimum Gasteiger partial charge on any atom is -0.428 e. The maximum Gasteiger partial charge on any atom is 0.345 e. The predicted molar refractivity (Wildman–Crippen MR) is 61.7 cm³/mol. The highest BCUT2D eigenvalue weighted by molar-refractivity contribution is 5.78. The molecule has 0 spiro atoms. The number of nitrogens with zero attached hydrogens (tertiary/aromatic N) is 1. The Kier molecular flexibility index (Phi) is 2.06. The van der Waals surface area contributed by atoms with E-state index in [4.69, 9.17) is 4.42 Å². The van der Waals surface area contributed by atoms with E-state index in [0.29, 0.717) is 11.1 Å². The largest absolute Gasteiger partial charge is 0.428 e. The van der Waals surface area contributed by atoms with Crippen LogP contribution in [0.3, 0.4) is 0 Å². The molecular weight excluding hydrogens is 202 g/mol. The van der Waals surface area contributed by atoms with Crippen LogP contribution in [0.2, 0.25) is 0 Å². The lowest BCUT2D eigenvalue weighted by Crippen LogP contribution is -2.09. The van der Waals surface area contributed by atoms with Crippen molar-refractivity contribution < 1.29 is 4.42 Å². The normalized spacial score (nSPS) is 15.1. The molecule has 3 rings (SSSR count). The molecule has 16 heavy (non-hydrogen) atoms. The summed E-state index contributed by atoms with van der Waals surface area (Å²) >= 11 is 0. The molecule has 0 radical (unpaired) electrons. The van der Waals surface area contributed by atoms with Crippen LogP contribution >= 0.6 is 0 Å². The monoisotopic (exact) mass is 215 g/mol. The second-order valence-corrected chi connectivity index (χ2v) is 4.38. The van der Waals surface area contributed by atoms with E-state index in [1.165, 1.54) is 18.4 Å². The number of fused-ring (bicyclic) bond motifs is 2. The van der Waals surface area contributed by atoms with Crippen LogP contribution in [-0.4, -0.2) is 4.98 Å². The van der Waals surface area contributed by atoms with Gasteiger partial charge in [0.15, 0.2) is 0 Å². The van der Waals surface area contributed by atoms with E-state index in [2.05, 4.69) is 4.98 Å². The SMILES string of the molecule is Cc1cc2nc3c(cc2c(=O)o1)CCCC3. The first-order chi connectivity index (χ1) is 7.74. The molecule has 3 heteroatoms. The summed E-state index contributed by atoms with van der Waals surface area (Å²) in [5, 5.41) is 0.617. The molecule has 0 unspecified atom stereocenters. The van der Waals surface area contributed by atoms with Gasteiger partial charge in [-0.3, -0.25) is 4.98 Å². The number of rotatable bonds is 0. The lowest BCUT2D eigenvalue weighted by atomic mass is 9.95. The van der Waals surface area contributed by atoms with Crippen molar-refractivity contribution in [1.82, 2.24) is 4.98 Å². The van der Waals surface area contributed by atoms with Gasteiger partial charge in [0.1, 0.15) is 5.76 Å². The van der Waals surface area contributed by atoms with E-state index in [1.807, 2.05) is 12.1 Å². The minimum atomic E-state index is -0.268. The van der Waals surface area contributed by atoms with Gasteiger partial charge in [0.05, 0.1) is 10.9 Å². The van der Waals surface area contributed by atoms with E-state index < -0.39 is 0 Å². The number of hydrogen-bond acceptors (Lipinski definition) is 3. The zero-order chi connectivity index (χ0) is 11.1. The van der Waals surface area contributed by atoms with E-state index in [0.717, 1.165) is 24.1 Å². The Morgan fingerprint density at radius 2 is 2.06 bits per heavy atom. The van der Waals surface area contributed by atoms with Gasteiger partial charge >= 0.3 is 5.63 Å². The van der Waals surface area contributed by atoms with Gasteiger partial charge in [-0.15, -0.1) is 0 Å². The second-order valence-electron chi connectivity index (χ2n) is 4.38. The van der Waals surface area contributed by atoms with Crippen molar-refractivity contribution in [3.8, 4) is 0 Å². The number of aryl methyl sites for hydroxylation is 3. The average molecular weight is 215 g/mol. The Bertz CT molecular complexity index is 613. The molecule has 0 aromatic carbocycles. The Labute approximate surface area is 93.1 Å². The number of aromatic nitrogens is 1. The molecule has 0 aliphatic heterocycles. The molecule has 82 valence electrons. The maximum atomic E-state index is 11.7. The van der Waals surface area contributed by atoms with Crippen molar-refractivity contribution in [1.29, 1.82) is 0 Å². The van der Waals surface area contributed by atoms with Gasteiger partial charge in [0.2, 0.25) is 0 Å². The summed E-state index contributed by atoms with van der Waals surface area (Å²) in [5.41, 5.74) is 2.88. The Balaban J connectivity index is 2.35. The molecule has 0 fully saturated rings. The lowest BCUT2D eigenvalue weighted by Gasteiger charge is -2.14. The van der Waals surface area contributed by atoms with Gasteiger partial charge in [0.25, 0.3) is 0 Å².